The molecule has 0 heterocycles. The molecule has 1 fully saturated rings. The fraction of sp³-hybridized carbons (Fsp3) is 0.538. The van der Waals surface area contributed by atoms with E-state index in [1.54, 1.807) is 0 Å². The monoisotopic (exact) mass is 321 g/mol. The second-order valence-corrected chi connectivity index (χ2v) is 7.94. The van der Waals surface area contributed by atoms with Gasteiger partial charge in [0.1, 0.15) is 0 Å². The van der Waals surface area contributed by atoms with Gasteiger partial charge in [-0.3, -0.25) is 0 Å². The van der Waals surface area contributed by atoms with Crippen LogP contribution in [-0.4, -0.2) is 19.7 Å². The predicted octanol–water partition coefficient (Wildman–Crippen LogP) is 3.43. The summed E-state index contributed by atoms with van der Waals surface area (Å²) in [5, 5.41) is 0.0861. The first-order valence-electron chi connectivity index (χ1n) is 6.37. The number of nitrogens with two attached hydrogens (primary N) is 1. The van der Waals surface area contributed by atoms with Gasteiger partial charge in [-0.15, -0.1) is 0 Å². The van der Waals surface area contributed by atoms with Crippen molar-refractivity contribution in [2.24, 2.45) is 5.73 Å². The lowest BCUT2D eigenvalue weighted by Gasteiger charge is -2.21. The topological polar surface area (TPSA) is 60.2 Å². The molecule has 0 bridgehead atoms. The van der Waals surface area contributed by atoms with E-state index in [2.05, 4.69) is 0 Å². The number of hydrogen-bond donors (Lipinski definition) is 1. The highest BCUT2D eigenvalue weighted by Gasteiger charge is 2.33. The zero-order valence-electron chi connectivity index (χ0n) is 10.5. The Bertz CT molecular complexity index is 560. The van der Waals surface area contributed by atoms with Gasteiger partial charge < -0.3 is 5.73 Å². The minimum atomic E-state index is -3.44. The molecule has 1 aliphatic rings. The molecule has 2 atom stereocenters. The molecule has 2 rings (SSSR count). The van der Waals surface area contributed by atoms with Gasteiger partial charge in [0.2, 0.25) is 0 Å². The van der Waals surface area contributed by atoms with Gasteiger partial charge in [0.25, 0.3) is 0 Å². The van der Waals surface area contributed by atoms with Crippen molar-refractivity contribution >= 4 is 33.0 Å². The third kappa shape index (κ3) is 3.24. The molecule has 2 unspecified atom stereocenters. The predicted molar refractivity (Wildman–Crippen MR) is 78.5 cm³/mol. The Morgan fingerprint density at radius 2 is 1.74 bits per heavy atom. The molecule has 3 nitrogen and oxygen atoms in total. The van der Waals surface area contributed by atoms with E-state index in [0.717, 1.165) is 25.7 Å². The number of hydrogen-bond acceptors (Lipinski definition) is 3. The Morgan fingerprint density at radius 3 is 2.42 bits per heavy atom. The van der Waals surface area contributed by atoms with E-state index in [-0.39, 0.29) is 16.0 Å². The molecule has 0 aliphatic heterocycles. The van der Waals surface area contributed by atoms with Gasteiger partial charge in [-0.1, -0.05) is 42.5 Å². The molecule has 1 aromatic rings. The standard InChI is InChI=1S/C13H17Cl2NO2S/c14-10-7-6-9(8-11(10)15)19(17,18)13-5-3-1-2-4-12(13)16/h6-8,12-13H,1-5,16H2. The zero-order chi connectivity index (χ0) is 14.0. The molecular formula is C13H17Cl2NO2S. The molecule has 1 aliphatic carbocycles. The van der Waals surface area contributed by atoms with E-state index in [1.165, 1.54) is 18.2 Å². The minimum absolute atomic E-state index is 0.212. The molecular weight excluding hydrogens is 305 g/mol. The summed E-state index contributed by atoms with van der Waals surface area (Å²) in [6, 6.07) is 4.12. The molecule has 0 spiro atoms. The SMILES string of the molecule is NC1CCCCCC1S(=O)(=O)c1ccc(Cl)c(Cl)c1. The van der Waals surface area contributed by atoms with E-state index >= 15 is 0 Å². The molecule has 2 N–H and O–H groups in total. The van der Waals surface area contributed by atoms with Crippen molar-refractivity contribution < 1.29 is 8.42 Å². The van der Waals surface area contributed by atoms with Gasteiger partial charge in [-0.25, -0.2) is 8.42 Å². The average Bonchev–Trinajstić information content (AvgIpc) is 2.57. The summed E-state index contributed by atoms with van der Waals surface area (Å²) >= 11 is 11.7. The maximum atomic E-state index is 12.6. The van der Waals surface area contributed by atoms with Crippen LogP contribution in [0.5, 0.6) is 0 Å². The molecule has 0 saturated heterocycles. The van der Waals surface area contributed by atoms with Crippen molar-refractivity contribution in [3.63, 3.8) is 0 Å². The van der Waals surface area contributed by atoms with Gasteiger partial charge in [-0.05, 0) is 31.0 Å². The average molecular weight is 322 g/mol. The molecule has 0 amide bonds. The van der Waals surface area contributed by atoms with Crippen LogP contribution in [0.4, 0.5) is 0 Å². The second kappa shape index (κ2) is 6.00. The first kappa shape index (κ1) is 15.1. The Balaban J connectivity index is 2.37. The summed E-state index contributed by atoms with van der Waals surface area (Å²) in [6.45, 7) is 0. The summed E-state index contributed by atoms with van der Waals surface area (Å²) in [4.78, 5) is 0.212. The van der Waals surface area contributed by atoms with E-state index < -0.39 is 15.1 Å². The summed E-state index contributed by atoms with van der Waals surface area (Å²) in [7, 11) is -3.44. The van der Waals surface area contributed by atoms with Gasteiger partial charge in [-0.2, -0.15) is 0 Å². The van der Waals surface area contributed by atoms with Gasteiger partial charge in [0.15, 0.2) is 9.84 Å². The first-order chi connectivity index (χ1) is 8.93. The highest BCUT2D eigenvalue weighted by Crippen LogP contribution is 2.30. The third-order valence-electron chi connectivity index (χ3n) is 3.62. The Hall–Kier alpha value is -0.290. The Kier molecular flexibility index (Phi) is 4.77. The maximum absolute atomic E-state index is 12.6. The van der Waals surface area contributed by atoms with Crippen molar-refractivity contribution in [3.05, 3.63) is 28.2 Å². The van der Waals surface area contributed by atoms with E-state index in [4.69, 9.17) is 28.9 Å². The normalized spacial score (nSPS) is 25.0. The highest BCUT2D eigenvalue weighted by atomic mass is 35.5. The second-order valence-electron chi connectivity index (χ2n) is 4.96. The maximum Gasteiger partial charge on any atom is 0.182 e. The van der Waals surface area contributed by atoms with Crippen LogP contribution < -0.4 is 5.73 Å². The van der Waals surface area contributed by atoms with Crippen molar-refractivity contribution in [2.75, 3.05) is 0 Å². The molecule has 0 radical (unpaired) electrons. The van der Waals surface area contributed by atoms with Crippen LogP contribution in [-0.2, 0) is 9.84 Å². The fourth-order valence-electron chi connectivity index (χ4n) is 2.52. The molecule has 0 aromatic heterocycles. The van der Waals surface area contributed by atoms with Gasteiger partial charge >= 0.3 is 0 Å². The van der Waals surface area contributed by atoms with Crippen LogP contribution >= 0.6 is 23.2 Å². The zero-order valence-corrected chi connectivity index (χ0v) is 12.8. The van der Waals surface area contributed by atoms with E-state index in [1.807, 2.05) is 0 Å². The lowest BCUT2D eigenvalue weighted by molar-refractivity contribution is 0.531. The van der Waals surface area contributed by atoms with Crippen LogP contribution in [0.1, 0.15) is 32.1 Å². The molecule has 1 saturated carbocycles. The molecule has 19 heavy (non-hydrogen) atoms. The molecule has 106 valence electrons. The van der Waals surface area contributed by atoms with Crippen molar-refractivity contribution in [1.82, 2.24) is 0 Å². The lowest BCUT2D eigenvalue weighted by atomic mass is 10.1. The highest BCUT2D eigenvalue weighted by molar-refractivity contribution is 7.92. The van der Waals surface area contributed by atoms with E-state index in [0.29, 0.717) is 11.4 Å². The number of sulfone groups is 1. The van der Waals surface area contributed by atoms with Crippen LogP contribution in [0.2, 0.25) is 10.0 Å². The summed E-state index contributed by atoms with van der Waals surface area (Å²) in [5.74, 6) is 0. The van der Waals surface area contributed by atoms with Crippen molar-refractivity contribution in [1.29, 1.82) is 0 Å². The van der Waals surface area contributed by atoms with E-state index in [9.17, 15) is 8.42 Å². The fourth-order valence-corrected chi connectivity index (χ4v) is 4.84. The van der Waals surface area contributed by atoms with Gasteiger partial charge in [0, 0.05) is 6.04 Å². The third-order valence-corrected chi connectivity index (χ3v) is 6.65. The number of benzene rings is 1. The lowest BCUT2D eigenvalue weighted by Crippen LogP contribution is -2.39. The minimum Gasteiger partial charge on any atom is -0.327 e. The van der Waals surface area contributed by atoms with Crippen LogP contribution in [0.25, 0.3) is 0 Å². The summed E-state index contributed by atoms with van der Waals surface area (Å²) in [6.07, 6.45) is 4.31. The summed E-state index contributed by atoms with van der Waals surface area (Å²) < 4.78 is 25.3. The quantitative estimate of drug-likeness (QED) is 0.849. The van der Waals surface area contributed by atoms with Crippen LogP contribution in [0.3, 0.4) is 0 Å². The molecule has 1 aromatic carbocycles. The van der Waals surface area contributed by atoms with Gasteiger partial charge in [0.05, 0.1) is 20.2 Å². The Morgan fingerprint density at radius 1 is 1.05 bits per heavy atom. The Labute approximate surface area is 124 Å². The number of rotatable bonds is 2. The van der Waals surface area contributed by atoms with Crippen molar-refractivity contribution in [2.45, 2.75) is 48.3 Å². The number of halogens is 2. The summed E-state index contributed by atoms with van der Waals surface area (Å²) in [5.41, 5.74) is 6.03. The van der Waals surface area contributed by atoms with Crippen LogP contribution in [0.15, 0.2) is 23.1 Å². The van der Waals surface area contributed by atoms with Crippen molar-refractivity contribution in [3.8, 4) is 0 Å². The van der Waals surface area contributed by atoms with Crippen LogP contribution in [0, 0.1) is 0 Å². The smallest absolute Gasteiger partial charge is 0.182 e. The largest absolute Gasteiger partial charge is 0.327 e. The first-order valence-corrected chi connectivity index (χ1v) is 8.67. The molecule has 6 heteroatoms.